The van der Waals surface area contributed by atoms with Gasteiger partial charge in [0.1, 0.15) is 11.6 Å². The molecule has 0 aromatic heterocycles. The molecule has 1 saturated heterocycles. The summed E-state index contributed by atoms with van der Waals surface area (Å²) in [7, 11) is 1.72. The third kappa shape index (κ3) is 7.31. The lowest BCUT2D eigenvalue weighted by atomic mass is 9.84. The molecule has 2 heterocycles. The summed E-state index contributed by atoms with van der Waals surface area (Å²) >= 11 is 0. The van der Waals surface area contributed by atoms with Crippen molar-refractivity contribution in [3.8, 4) is 5.75 Å². The van der Waals surface area contributed by atoms with Gasteiger partial charge < -0.3 is 24.7 Å². The summed E-state index contributed by atoms with van der Waals surface area (Å²) in [4.78, 5) is 36.3. The molecule has 0 bridgehead atoms. The second-order valence-corrected chi connectivity index (χ2v) is 10.1. The SMILES string of the molecule is COc1ccccc1CCN1CCC(C(=O)N2CCc3cc(F)ccc3C2C(C)C)CC1.O=C(O)C(=O)O. The molecule has 2 aromatic carbocycles. The Balaban J connectivity index is 0.000000599. The van der Waals surface area contributed by atoms with Gasteiger partial charge in [-0.25, -0.2) is 14.0 Å². The number of hydrogen-bond donors (Lipinski definition) is 2. The number of carboxylic acid groups (broad SMARTS) is 2. The van der Waals surface area contributed by atoms with Gasteiger partial charge in [0, 0.05) is 19.0 Å². The van der Waals surface area contributed by atoms with Crippen LogP contribution in [0.4, 0.5) is 4.39 Å². The van der Waals surface area contributed by atoms with Crippen LogP contribution < -0.4 is 4.74 Å². The number of piperidine rings is 1. The molecule has 2 N–H and O–H groups in total. The van der Waals surface area contributed by atoms with Crippen molar-refractivity contribution >= 4 is 17.8 Å². The molecule has 2 aromatic rings. The molecule has 0 radical (unpaired) electrons. The van der Waals surface area contributed by atoms with Gasteiger partial charge in [-0.15, -0.1) is 0 Å². The van der Waals surface area contributed by atoms with Crippen LogP contribution in [0.25, 0.3) is 0 Å². The Labute approximate surface area is 223 Å². The Morgan fingerprint density at radius 1 is 1.03 bits per heavy atom. The zero-order chi connectivity index (χ0) is 27.8. The van der Waals surface area contributed by atoms with Crippen molar-refractivity contribution in [3.05, 3.63) is 65.0 Å². The molecule has 1 fully saturated rings. The standard InChI is InChI=1S/C27H35FN2O2.C2H2O4/c1-19(2)26-24-9-8-23(28)18-22(24)13-17-30(26)27(31)21-11-15-29(16-12-21)14-10-20-6-4-5-7-25(20)32-3;3-1(4)2(5)6/h4-9,18-19,21,26H,10-17H2,1-3H3;(H,3,4)(H,5,6). The van der Waals surface area contributed by atoms with Crippen LogP contribution in [0.3, 0.4) is 0 Å². The van der Waals surface area contributed by atoms with Crippen molar-refractivity contribution < 1.29 is 33.7 Å². The van der Waals surface area contributed by atoms with Crippen LogP contribution in [-0.2, 0) is 27.2 Å². The molecule has 0 spiro atoms. The van der Waals surface area contributed by atoms with E-state index < -0.39 is 11.9 Å². The van der Waals surface area contributed by atoms with E-state index in [1.165, 1.54) is 11.6 Å². The van der Waals surface area contributed by atoms with E-state index in [0.29, 0.717) is 12.5 Å². The van der Waals surface area contributed by atoms with E-state index in [0.717, 1.165) is 62.2 Å². The Bertz CT molecular complexity index is 1120. The minimum atomic E-state index is -1.82. The van der Waals surface area contributed by atoms with Gasteiger partial charge in [0.25, 0.3) is 0 Å². The van der Waals surface area contributed by atoms with Gasteiger partial charge in [-0.05, 0) is 79.6 Å². The quantitative estimate of drug-likeness (QED) is 0.545. The van der Waals surface area contributed by atoms with Gasteiger partial charge >= 0.3 is 11.9 Å². The monoisotopic (exact) mass is 528 g/mol. The minimum absolute atomic E-state index is 0.0374. The molecule has 2 aliphatic rings. The van der Waals surface area contributed by atoms with Crippen LogP contribution in [0.2, 0.25) is 0 Å². The molecule has 2 aliphatic heterocycles. The number of aliphatic carboxylic acids is 2. The highest BCUT2D eigenvalue weighted by molar-refractivity contribution is 6.27. The van der Waals surface area contributed by atoms with Gasteiger partial charge in [-0.2, -0.15) is 0 Å². The number of amides is 1. The molecular weight excluding hydrogens is 491 g/mol. The normalized spacial score (nSPS) is 17.8. The molecule has 0 aliphatic carbocycles. The van der Waals surface area contributed by atoms with Gasteiger partial charge in [0.2, 0.25) is 5.91 Å². The smallest absolute Gasteiger partial charge is 0.414 e. The minimum Gasteiger partial charge on any atom is -0.496 e. The maximum Gasteiger partial charge on any atom is 0.414 e. The molecular formula is C29H37FN2O6. The predicted octanol–water partition coefficient (Wildman–Crippen LogP) is 4.03. The fourth-order valence-electron chi connectivity index (χ4n) is 5.42. The number of carbonyl (C=O) groups excluding carboxylic acids is 1. The summed E-state index contributed by atoms with van der Waals surface area (Å²) in [6.07, 6.45) is 3.50. The Morgan fingerprint density at radius 2 is 1.68 bits per heavy atom. The Morgan fingerprint density at radius 3 is 2.29 bits per heavy atom. The van der Waals surface area contributed by atoms with Crippen LogP contribution in [0.5, 0.6) is 5.75 Å². The average Bonchev–Trinajstić information content (AvgIpc) is 2.91. The maximum atomic E-state index is 13.7. The number of ether oxygens (including phenoxy) is 1. The van der Waals surface area contributed by atoms with Crippen molar-refractivity contribution in [1.82, 2.24) is 9.80 Å². The van der Waals surface area contributed by atoms with Crippen LogP contribution in [0.15, 0.2) is 42.5 Å². The van der Waals surface area contributed by atoms with Crippen LogP contribution in [0.1, 0.15) is 49.4 Å². The largest absolute Gasteiger partial charge is 0.496 e. The van der Waals surface area contributed by atoms with Gasteiger partial charge in [-0.3, -0.25) is 4.79 Å². The Hall–Kier alpha value is -3.46. The molecule has 38 heavy (non-hydrogen) atoms. The fraction of sp³-hybridized carbons (Fsp3) is 0.483. The number of likely N-dealkylation sites (tertiary alicyclic amines) is 1. The lowest BCUT2D eigenvalue weighted by molar-refractivity contribution is -0.159. The molecule has 8 nitrogen and oxygen atoms in total. The van der Waals surface area contributed by atoms with E-state index in [2.05, 4.69) is 35.8 Å². The lowest BCUT2D eigenvalue weighted by Gasteiger charge is -2.42. The summed E-state index contributed by atoms with van der Waals surface area (Å²) in [6, 6.07) is 13.3. The summed E-state index contributed by atoms with van der Waals surface area (Å²) < 4.78 is 19.2. The highest BCUT2D eigenvalue weighted by atomic mass is 19.1. The molecule has 1 unspecified atom stereocenters. The Kier molecular flexibility index (Phi) is 10.2. The fourth-order valence-corrected chi connectivity index (χ4v) is 5.42. The number of carboxylic acids is 2. The highest BCUT2D eigenvalue weighted by Gasteiger charge is 2.37. The zero-order valence-electron chi connectivity index (χ0n) is 22.2. The van der Waals surface area contributed by atoms with Gasteiger partial charge in [-0.1, -0.05) is 38.1 Å². The zero-order valence-corrected chi connectivity index (χ0v) is 22.2. The number of benzene rings is 2. The predicted molar refractivity (Wildman–Crippen MR) is 141 cm³/mol. The van der Waals surface area contributed by atoms with Crippen molar-refractivity contribution in [3.63, 3.8) is 0 Å². The number of rotatable bonds is 6. The molecule has 9 heteroatoms. The molecule has 4 rings (SSSR count). The number of nitrogens with zero attached hydrogens (tertiary/aromatic N) is 2. The lowest BCUT2D eigenvalue weighted by Crippen LogP contribution is -2.47. The third-order valence-electron chi connectivity index (χ3n) is 7.31. The number of methoxy groups -OCH3 is 1. The van der Waals surface area contributed by atoms with E-state index in [9.17, 15) is 9.18 Å². The van der Waals surface area contributed by atoms with Gasteiger partial charge in [0.05, 0.1) is 13.2 Å². The summed E-state index contributed by atoms with van der Waals surface area (Å²) in [5, 5.41) is 14.8. The maximum absolute atomic E-state index is 13.7. The first-order chi connectivity index (χ1) is 18.1. The molecule has 1 amide bonds. The number of halogens is 1. The first kappa shape index (κ1) is 29.1. The summed E-state index contributed by atoms with van der Waals surface area (Å²) in [5.74, 6) is -2.23. The number of carbonyl (C=O) groups is 3. The molecule has 1 atom stereocenters. The second kappa shape index (κ2) is 13.4. The topological polar surface area (TPSA) is 107 Å². The molecule has 0 saturated carbocycles. The first-order valence-electron chi connectivity index (χ1n) is 13.0. The highest BCUT2D eigenvalue weighted by Crippen LogP contribution is 2.37. The van der Waals surface area contributed by atoms with E-state index in [1.807, 2.05) is 18.2 Å². The third-order valence-corrected chi connectivity index (χ3v) is 7.31. The van der Waals surface area contributed by atoms with E-state index in [-0.39, 0.29) is 23.7 Å². The summed E-state index contributed by atoms with van der Waals surface area (Å²) in [6.45, 7) is 7.89. The van der Waals surface area contributed by atoms with Crippen LogP contribution >= 0.6 is 0 Å². The van der Waals surface area contributed by atoms with E-state index >= 15 is 0 Å². The van der Waals surface area contributed by atoms with Crippen molar-refractivity contribution in [2.75, 3.05) is 33.3 Å². The van der Waals surface area contributed by atoms with Crippen molar-refractivity contribution in [2.24, 2.45) is 11.8 Å². The van der Waals surface area contributed by atoms with Crippen molar-refractivity contribution in [1.29, 1.82) is 0 Å². The number of para-hydroxylation sites is 1. The number of fused-ring (bicyclic) bond motifs is 1. The van der Waals surface area contributed by atoms with Gasteiger partial charge in [0.15, 0.2) is 0 Å². The average molecular weight is 529 g/mol. The second-order valence-electron chi connectivity index (χ2n) is 10.1. The number of hydrogen-bond acceptors (Lipinski definition) is 5. The summed E-state index contributed by atoms with van der Waals surface area (Å²) in [5.41, 5.74) is 3.41. The van der Waals surface area contributed by atoms with E-state index in [1.54, 1.807) is 13.2 Å². The van der Waals surface area contributed by atoms with Crippen molar-refractivity contribution in [2.45, 2.75) is 45.6 Å². The van der Waals surface area contributed by atoms with Crippen LogP contribution in [0, 0.1) is 17.7 Å². The first-order valence-corrected chi connectivity index (χ1v) is 13.0. The molecule has 206 valence electrons. The van der Waals surface area contributed by atoms with Crippen LogP contribution in [-0.4, -0.2) is 71.1 Å². The van der Waals surface area contributed by atoms with E-state index in [4.69, 9.17) is 24.5 Å².